The molecule has 0 unspecified atom stereocenters. The molecule has 1 aliphatic rings. The van der Waals surface area contributed by atoms with Crippen LogP contribution in [-0.4, -0.2) is 66.4 Å². The largest absolute Gasteiger partial charge is 0.489 e. The molecule has 14 heteroatoms. The summed E-state index contributed by atoms with van der Waals surface area (Å²) >= 11 is 20.0. The van der Waals surface area contributed by atoms with Gasteiger partial charge in [-0.25, -0.2) is 0 Å². The van der Waals surface area contributed by atoms with Crippen LogP contribution in [0.4, 0.5) is 13.2 Å². The van der Waals surface area contributed by atoms with Gasteiger partial charge in [0, 0.05) is 45.7 Å². The molecule has 1 saturated heterocycles. The number of nitrogens with one attached hydrogen (secondary N) is 1. The van der Waals surface area contributed by atoms with Crippen LogP contribution in [0.3, 0.4) is 0 Å². The lowest BCUT2D eigenvalue weighted by Crippen LogP contribution is -2.61. The molecule has 7 nitrogen and oxygen atoms in total. The number of rotatable bonds is 10. The Hall–Kier alpha value is -2.54. The van der Waals surface area contributed by atoms with E-state index in [-0.39, 0.29) is 49.8 Å². The van der Waals surface area contributed by atoms with E-state index in [4.69, 9.17) is 45.3 Å². The van der Waals surface area contributed by atoms with E-state index in [0.717, 1.165) is 11.3 Å². The van der Waals surface area contributed by atoms with Crippen molar-refractivity contribution in [1.29, 1.82) is 0 Å². The fourth-order valence-electron chi connectivity index (χ4n) is 4.77. The van der Waals surface area contributed by atoms with Gasteiger partial charge in [-0.05, 0) is 42.7 Å². The molecule has 0 spiro atoms. The van der Waals surface area contributed by atoms with Crippen molar-refractivity contribution >= 4 is 58.0 Å². The second kappa shape index (κ2) is 13.4. The Bertz CT molecular complexity index is 1440. The number of likely N-dealkylation sites (tertiary alicyclic amines) is 1. The van der Waals surface area contributed by atoms with Crippen molar-refractivity contribution in [3.05, 3.63) is 62.4 Å². The summed E-state index contributed by atoms with van der Waals surface area (Å²) < 4.78 is 44.1. The van der Waals surface area contributed by atoms with Crippen LogP contribution in [0, 0.1) is 0 Å². The lowest BCUT2D eigenvalue weighted by molar-refractivity contribution is -0.137. The molecule has 0 saturated carbocycles. The molecule has 4 rings (SSSR count). The van der Waals surface area contributed by atoms with Gasteiger partial charge in [0.15, 0.2) is 5.75 Å². The molecule has 0 radical (unpaired) electrons. The minimum Gasteiger partial charge on any atom is -0.489 e. The minimum atomic E-state index is -4.39. The number of nitrogens with zero attached hydrogens (tertiary/aromatic N) is 1. The Morgan fingerprint density at radius 3 is 2.29 bits per heavy atom. The molecule has 2 aromatic carbocycles. The van der Waals surface area contributed by atoms with Gasteiger partial charge < -0.3 is 25.8 Å². The molecule has 1 aromatic heterocycles. The van der Waals surface area contributed by atoms with E-state index < -0.39 is 36.5 Å². The Labute approximate surface area is 259 Å². The predicted octanol–water partition coefficient (Wildman–Crippen LogP) is 6.42. The van der Waals surface area contributed by atoms with Crippen molar-refractivity contribution in [2.75, 3.05) is 32.8 Å². The topological polar surface area (TPSA) is 105 Å². The zero-order chi connectivity index (χ0) is 30.7. The summed E-state index contributed by atoms with van der Waals surface area (Å²) in [5.74, 6) is -0.949. The molecule has 1 fully saturated rings. The number of ether oxygens (including phenoxy) is 1. The van der Waals surface area contributed by atoms with Gasteiger partial charge in [-0.15, -0.1) is 11.3 Å². The fourth-order valence-corrected chi connectivity index (χ4v) is 6.73. The van der Waals surface area contributed by atoms with Crippen LogP contribution in [0.2, 0.25) is 15.1 Å². The molecule has 3 aromatic rings. The van der Waals surface area contributed by atoms with E-state index in [1.165, 1.54) is 4.90 Å². The van der Waals surface area contributed by atoms with Gasteiger partial charge in [0.25, 0.3) is 5.91 Å². The van der Waals surface area contributed by atoms with Crippen LogP contribution in [0.1, 0.15) is 28.9 Å². The number of nitrogens with two attached hydrogens (primary N) is 1. The maximum atomic E-state index is 14.0. The number of thiophene rings is 1. The normalized spacial score (nSPS) is 15.1. The number of aliphatic hydroxyl groups excluding tert-OH is 1. The van der Waals surface area contributed by atoms with Crippen LogP contribution in [-0.2, 0) is 4.79 Å². The van der Waals surface area contributed by atoms with Gasteiger partial charge in [-0.1, -0.05) is 53.0 Å². The van der Waals surface area contributed by atoms with Crippen LogP contribution >= 0.6 is 46.1 Å². The van der Waals surface area contributed by atoms with Crippen molar-refractivity contribution in [2.45, 2.75) is 31.0 Å². The van der Waals surface area contributed by atoms with Crippen LogP contribution in [0.15, 0.2) is 42.5 Å². The second-order valence-electron chi connectivity index (χ2n) is 9.70. The number of aliphatic hydroxyl groups is 1. The average molecular weight is 665 g/mol. The Kier molecular flexibility index (Phi) is 10.3. The van der Waals surface area contributed by atoms with Gasteiger partial charge in [-0.3, -0.25) is 9.59 Å². The van der Waals surface area contributed by atoms with E-state index in [1.807, 2.05) is 0 Å². The molecule has 0 aliphatic carbocycles. The van der Waals surface area contributed by atoms with Gasteiger partial charge in [0.1, 0.15) is 17.0 Å². The summed E-state index contributed by atoms with van der Waals surface area (Å²) in [7, 11) is 0. The van der Waals surface area contributed by atoms with E-state index >= 15 is 0 Å². The highest BCUT2D eigenvalue weighted by atomic mass is 35.5. The standard InChI is InChI=1S/C28H27Cl3F3N3O4S/c29-17-3-1-16(2-4-17)21-22(41-14-13-38)24(42-23(21)19-6-5-18(30)15-20(19)31)25(39)37-11-8-27(9-12-37,26(35)40)36-10-7-28(32,33)34/h1-6,15,36,38H,7-14H2,(H2,35,40). The van der Waals surface area contributed by atoms with E-state index in [1.54, 1.807) is 42.5 Å². The maximum absolute atomic E-state index is 14.0. The summed E-state index contributed by atoms with van der Waals surface area (Å²) in [4.78, 5) is 28.6. The average Bonchev–Trinajstić information content (AvgIpc) is 3.30. The first-order valence-corrected chi connectivity index (χ1v) is 14.8. The van der Waals surface area contributed by atoms with Crippen LogP contribution in [0.25, 0.3) is 21.6 Å². The molecule has 2 heterocycles. The summed E-state index contributed by atoms with van der Waals surface area (Å²) in [5, 5.41) is 13.5. The first-order valence-electron chi connectivity index (χ1n) is 12.9. The molecular weight excluding hydrogens is 638 g/mol. The highest BCUT2D eigenvalue weighted by Gasteiger charge is 2.42. The highest BCUT2D eigenvalue weighted by Crippen LogP contribution is 2.50. The molecule has 0 bridgehead atoms. The molecule has 42 heavy (non-hydrogen) atoms. The third kappa shape index (κ3) is 7.32. The number of hydrogen-bond acceptors (Lipinski definition) is 6. The number of primary amides is 1. The quantitative estimate of drug-likeness (QED) is 0.232. The second-order valence-corrected chi connectivity index (χ2v) is 12.0. The fraction of sp³-hybridized carbons (Fsp3) is 0.357. The number of hydrogen-bond donors (Lipinski definition) is 3. The number of carbonyl (C=O) groups excluding carboxylic acids is 2. The first-order chi connectivity index (χ1) is 19.8. The highest BCUT2D eigenvalue weighted by molar-refractivity contribution is 7.18. The smallest absolute Gasteiger partial charge is 0.390 e. The van der Waals surface area contributed by atoms with Crippen LogP contribution in [0.5, 0.6) is 5.75 Å². The van der Waals surface area contributed by atoms with Gasteiger partial charge in [0.05, 0.1) is 18.1 Å². The summed E-state index contributed by atoms with van der Waals surface area (Å²) in [6.45, 7) is -0.759. The number of halogens is 6. The monoisotopic (exact) mass is 663 g/mol. The zero-order valence-electron chi connectivity index (χ0n) is 22.1. The molecule has 1 aliphatic heterocycles. The van der Waals surface area contributed by atoms with E-state index in [0.29, 0.717) is 36.6 Å². The van der Waals surface area contributed by atoms with E-state index in [9.17, 15) is 27.9 Å². The lowest BCUT2D eigenvalue weighted by Gasteiger charge is -2.40. The van der Waals surface area contributed by atoms with Crippen molar-refractivity contribution in [3.8, 4) is 27.3 Å². The predicted molar refractivity (Wildman–Crippen MR) is 159 cm³/mol. The lowest BCUT2D eigenvalue weighted by atomic mass is 9.86. The third-order valence-electron chi connectivity index (χ3n) is 6.95. The third-order valence-corrected chi connectivity index (χ3v) is 8.94. The van der Waals surface area contributed by atoms with Crippen molar-refractivity contribution in [2.24, 2.45) is 5.73 Å². The molecule has 0 atom stereocenters. The van der Waals surface area contributed by atoms with Crippen LogP contribution < -0.4 is 15.8 Å². The Balaban J connectivity index is 1.72. The van der Waals surface area contributed by atoms with Crippen molar-refractivity contribution in [3.63, 3.8) is 0 Å². The summed E-state index contributed by atoms with van der Waals surface area (Å²) in [6.07, 6.45) is -5.44. The minimum absolute atomic E-state index is 0.0318. The molecule has 2 amide bonds. The van der Waals surface area contributed by atoms with Crippen molar-refractivity contribution in [1.82, 2.24) is 10.2 Å². The Morgan fingerprint density at radius 2 is 1.71 bits per heavy atom. The summed E-state index contributed by atoms with van der Waals surface area (Å²) in [6, 6.07) is 11.9. The number of piperidine rings is 1. The number of alkyl halides is 3. The van der Waals surface area contributed by atoms with Crippen molar-refractivity contribution < 1.29 is 32.6 Å². The SMILES string of the molecule is NC(=O)C1(NCCC(F)(F)F)CCN(C(=O)c2sc(-c3ccc(Cl)cc3Cl)c(-c3ccc(Cl)cc3)c2OCCO)CC1. The van der Waals surface area contributed by atoms with E-state index in [2.05, 4.69) is 5.32 Å². The zero-order valence-corrected chi connectivity index (χ0v) is 25.2. The number of amides is 2. The van der Waals surface area contributed by atoms with Gasteiger partial charge >= 0.3 is 6.18 Å². The number of benzene rings is 2. The maximum Gasteiger partial charge on any atom is 0.390 e. The first kappa shape index (κ1) is 32.4. The summed E-state index contributed by atoms with van der Waals surface area (Å²) in [5.41, 5.74) is 6.07. The molecule has 4 N–H and O–H groups in total. The number of carbonyl (C=O) groups is 2. The molecule has 226 valence electrons. The Morgan fingerprint density at radius 1 is 1.07 bits per heavy atom. The van der Waals surface area contributed by atoms with Gasteiger partial charge in [-0.2, -0.15) is 13.2 Å². The van der Waals surface area contributed by atoms with Gasteiger partial charge in [0.2, 0.25) is 5.91 Å². The molecular formula is C28H27Cl3F3N3O4S.